The molecule has 11 heteroatoms. The van der Waals surface area contributed by atoms with Crippen LogP contribution < -0.4 is 5.56 Å². The molecule has 0 spiro atoms. The molecule has 216 valence electrons. The van der Waals surface area contributed by atoms with Crippen molar-refractivity contribution in [2.45, 2.75) is 39.3 Å². The lowest BCUT2D eigenvalue weighted by atomic mass is 9.93. The van der Waals surface area contributed by atoms with E-state index in [0.29, 0.717) is 30.4 Å². The average Bonchev–Trinajstić information content (AvgIpc) is 3.66. The van der Waals surface area contributed by atoms with Crippen LogP contribution in [0.4, 0.5) is 0 Å². The highest BCUT2D eigenvalue weighted by molar-refractivity contribution is 9.10. The third kappa shape index (κ3) is 5.16. The van der Waals surface area contributed by atoms with Gasteiger partial charge < -0.3 is 18.4 Å². The predicted octanol–water partition coefficient (Wildman–Crippen LogP) is 6.99. The number of fused-ring (bicyclic) bond motifs is 3. The number of hydrogen-bond donors (Lipinski definition) is 0. The normalized spacial score (nSPS) is 12.2. The van der Waals surface area contributed by atoms with Crippen LogP contribution in [-0.4, -0.2) is 43.7 Å². The molecule has 0 unspecified atom stereocenters. The van der Waals surface area contributed by atoms with Crippen molar-refractivity contribution in [1.82, 2.24) is 29.1 Å². The lowest BCUT2D eigenvalue weighted by Crippen LogP contribution is -2.22. The molecular weight excluding hydrogens is 612 g/mol. The maximum atomic E-state index is 13.9. The smallest absolute Gasteiger partial charge is 0.262 e. The van der Waals surface area contributed by atoms with Gasteiger partial charge in [0.1, 0.15) is 12.4 Å². The van der Waals surface area contributed by atoms with Crippen LogP contribution in [0.3, 0.4) is 0 Å². The molecule has 0 aliphatic carbocycles. The summed E-state index contributed by atoms with van der Waals surface area (Å²) in [6.07, 6.45) is 5.62. The monoisotopic (exact) mass is 644 g/mol. The zero-order chi connectivity index (χ0) is 29.8. The fraction of sp³-hybridized carbons (Fsp3) is 0.290. The van der Waals surface area contributed by atoms with Crippen molar-refractivity contribution in [3.8, 4) is 33.7 Å². The molecule has 42 heavy (non-hydrogen) atoms. The largest absolute Gasteiger partial charge is 0.361 e. The van der Waals surface area contributed by atoms with Gasteiger partial charge in [-0.2, -0.15) is 5.10 Å². The number of aromatic nitrogens is 6. The molecule has 5 heterocycles. The van der Waals surface area contributed by atoms with Gasteiger partial charge in [0, 0.05) is 67.4 Å². The minimum absolute atomic E-state index is 0.181. The first-order valence-electron chi connectivity index (χ1n) is 13.8. The standard InChI is InChI=1S/C31H33BrN6O3Si/c1-19-13-26(41-35-19)29-27(20-7-9-22(32)10-8-20)28-23-14-24(21-15-34-36(2)17-21)38(18-40-11-12-42(4,5)6)30(23)33-16-25(28)37(3)31(29)39/h7-10,13-17H,11-12,18H2,1-6H3. The maximum absolute atomic E-state index is 13.9. The van der Waals surface area contributed by atoms with Gasteiger partial charge in [-0.05, 0) is 36.7 Å². The number of nitrogens with zero attached hydrogens (tertiary/aromatic N) is 6. The van der Waals surface area contributed by atoms with Crippen molar-refractivity contribution < 1.29 is 9.26 Å². The van der Waals surface area contributed by atoms with Crippen molar-refractivity contribution in [1.29, 1.82) is 0 Å². The molecule has 0 radical (unpaired) electrons. The lowest BCUT2D eigenvalue weighted by molar-refractivity contribution is 0.0909. The number of aryl methyl sites for hydroxylation is 3. The summed E-state index contributed by atoms with van der Waals surface area (Å²) in [6.45, 7) is 9.92. The Labute approximate surface area is 252 Å². The van der Waals surface area contributed by atoms with Gasteiger partial charge in [-0.25, -0.2) is 4.98 Å². The molecule has 0 saturated carbocycles. The quantitative estimate of drug-likeness (QED) is 0.131. The van der Waals surface area contributed by atoms with Gasteiger partial charge in [-0.1, -0.05) is 52.9 Å². The second-order valence-corrected chi connectivity index (χ2v) is 18.5. The summed E-state index contributed by atoms with van der Waals surface area (Å²) in [7, 11) is 2.42. The van der Waals surface area contributed by atoms with Crippen LogP contribution in [0, 0.1) is 6.92 Å². The van der Waals surface area contributed by atoms with E-state index in [1.807, 2.05) is 56.7 Å². The molecule has 5 aromatic heterocycles. The number of pyridine rings is 2. The van der Waals surface area contributed by atoms with Crippen LogP contribution in [0.15, 0.2) is 68.8 Å². The third-order valence-corrected chi connectivity index (χ3v) is 9.74. The fourth-order valence-electron chi connectivity index (χ4n) is 5.29. The molecule has 0 aliphatic rings. The molecule has 0 aliphatic heterocycles. The molecule has 0 bridgehead atoms. The number of halogens is 1. The van der Waals surface area contributed by atoms with Crippen molar-refractivity contribution in [2.24, 2.45) is 14.1 Å². The zero-order valence-corrected chi connectivity index (χ0v) is 27.2. The Bertz CT molecular complexity index is 2000. The van der Waals surface area contributed by atoms with Crippen LogP contribution in [0.2, 0.25) is 25.7 Å². The summed E-state index contributed by atoms with van der Waals surface area (Å²) < 4.78 is 18.4. The van der Waals surface area contributed by atoms with E-state index in [9.17, 15) is 4.79 Å². The van der Waals surface area contributed by atoms with Crippen molar-refractivity contribution in [3.05, 3.63) is 75.5 Å². The van der Waals surface area contributed by atoms with E-state index < -0.39 is 8.07 Å². The van der Waals surface area contributed by atoms with Crippen molar-refractivity contribution in [2.75, 3.05) is 6.61 Å². The first kappa shape index (κ1) is 28.3. The van der Waals surface area contributed by atoms with E-state index in [-0.39, 0.29) is 5.56 Å². The number of hydrogen-bond acceptors (Lipinski definition) is 6. The third-order valence-electron chi connectivity index (χ3n) is 7.51. The highest BCUT2D eigenvalue weighted by Crippen LogP contribution is 2.41. The predicted molar refractivity (Wildman–Crippen MR) is 172 cm³/mol. The molecule has 6 aromatic rings. The fourth-order valence-corrected chi connectivity index (χ4v) is 6.31. The van der Waals surface area contributed by atoms with Crippen molar-refractivity contribution in [3.63, 3.8) is 0 Å². The summed E-state index contributed by atoms with van der Waals surface area (Å²) in [5.74, 6) is 0.430. The topological polar surface area (TPSA) is 92.9 Å². The van der Waals surface area contributed by atoms with E-state index in [1.165, 1.54) is 0 Å². The van der Waals surface area contributed by atoms with E-state index in [0.717, 1.165) is 54.8 Å². The molecule has 9 nitrogen and oxygen atoms in total. The van der Waals surface area contributed by atoms with Gasteiger partial charge in [0.05, 0.1) is 34.9 Å². The number of benzene rings is 1. The van der Waals surface area contributed by atoms with Crippen LogP contribution in [0.5, 0.6) is 0 Å². The van der Waals surface area contributed by atoms with E-state index in [2.05, 4.69) is 56.5 Å². The summed E-state index contributed by atoms with van der Waals surface area (Å²) in [4.78, 5) is 18.9. The van der Waals surface area contributed by atoms with Gasteiger partial charge in [0.15, 0.2) is 5.76 Å². The van der Waals surface area contributed by atoms with Gasteiger partial charge >= 0.3 is 0 Å². The first-order valence-corrected chi connectivity index (χ1v) is 18.3. The SMILES string of the molecule is Cc1cc(-c2c(-c3ccc(Br)cc3)c3c4cc(-c5cnn(C)c5)n(COCC[Si](C)(C)C)c4ncc3n(C)c2=O)on1. The van der Waals surface area contributed by atoms with Gasteiger partial charge in [0.2, 0.25) is 0 Å². The lowest BCUT2D eigenvalue weighted by Gasteiger charge is -2.17. The minimum atomic E-state index is -1.25. The first-order chi connectivity index (χ1) is 20.0. The van der Waals surface area contributed by atoms with E-state index in [4.69, 9.17) is 14.2 Å². The molecular formula is C31H33BrN6O3Si. The molecule has 0 atom stereocenters. The molecule has 1 aromatic carbocycles. The highest BCUT2D eigenvalue weighted by Gasteiger charge is 2.25. The van der Waals surface area contributed by atoms with Crippen LogP contribution in [0.1, 0.15) is 5.69 Å². The minimum Gasteiger partial charge on any atom is -0.361 e. The van der Waals surface area contributed by atoms with Gasteiger partial charge in [-0.3, -0.25) is 9.48 Å². The van der Waals surface area contributed by atoms with Crippen molar-refractivity contribution >= 4 is 45.9 Å². The molecule has 0 saturated heterocycles. The van der Waals surface area contributed by atoms with Gasteiger partial charge in [-0.15, -0.1) is 0 Å². The Morgan fingerprint density at radius 1 is 1.02 bits per heavy atom. The summed E-state index contributed by atoms with van der Waals surface area (Å²) in [5.41, 5.74) is 6.04. The second-order valence-electron chi connectivity index (χ2n) is 11.9. The number of ether oxygens (including phenoxy) is 1. The Morgan fingerprint density at radius 3 is 2.43 bits per heavy atom. The van der Waals surface area contributed by atoms with Crippen LogP contribution in [-0.2, 0) is 25.6 Å². The van der Waals surface area contributed by atoms with Crippen LogP contribution in [0.25, 0.3) is 55.6 Å². The summed E-state index contributed by atoms with van der Waals surface area (Å²) in [6, 6.07) is 13.0. The second kappa shape index (κ2) is 10.8. The van der Waals surface area contributed by atoms with Gasteiger partial charge in [0.25, 0.3) is 5.56 Å². The molecule has 6 rings (SSSR count). The zero-order valence-electron chi connectivity index (χ0n) is 24.6. The molecule has 0 amide bonds. The van der Waals surface area contributed by atoms with E-state index in [1.54, 1.807) is 22.5 Å². The summed E-state index contributed by atoms with van der Waals surface area (Å²) in [5, 5.41) is 10.3. The highest BCUT2D eigenvalue weighted by atomic mass is 79.9. The molecule has 0 fully saturated rings. The Morgan fingerprint density at radius 2 is 1.79 bits per heavy atom. The number of rotatable bonds is 8. The molecule has 0 N–H and O–H groups in total. The maximum Gasteiger partial charge on any atom is 0.262 e. The summed E-state index contributed by atoms with van der Waals surface area (Å²) >= 11 is 3.56. The van der Waals surface area contributed by atoms with Crippen LogP contribution >= 0.6 is 15.9 Å². The average molecular weight is 646 g/mol. The Hall–Kier alpha value is -3.80. The van der Waals surface area contributed by atoms with E-state index >= 15 is 0 Å². The Balaban J connectivity index is 1.68. The Kier molecular flexibility index (Phi) is 7.28.